The van der Waals surface area contributed by atoms with Crippen LogP contribution >= 0.6 is 11.8 Å². The number of rotatable bonds is 10. The summed E-state index contributed by atoms with van der Waals surface area (Å²) >= 11 is 1.83. The van der Waals surface area contributed by atoms with Gasteiger partial charge in [-0.1, -0.05) is 13.3 Å². The van der Waals surface area contributed by atoms with Crippen molar-refractivity contribution in [3.63, 3.8) is 0 Å². The Kier molecular flexibility index (Phi) is 13.3. The lowest BCUT2D eigenvalue weighted by molar-refractivity contribution is 0.129. The van der Waals surface area contributed by atoms with Gasteiger partial charge in [-0.2, -0.15) is 11.8 Å². The molecule has 0 radical (unpaired) electrons. The number of nitrogens with zero attached hydrogens (tertiary/aromatic N) is 1. The van der Waals surface area contributed by atoms with Crippen LogP contribution in [-0.4, -0.2) is 51.3 Å². The molecule has 0 unspecified atom stereocenters. The minimum Gasteiger partial charge on any atom is -0.381 e. The zero-order valence-electron chi connectivity index (χ0n) is 11.4. The Morgan fingerprint density at radius 1 is 1.18 bits per heavy atom. The lowest BCUT2D eigenvalue weighted by Crippen LogP contribution is -2.39. The van der Waals surface area contributed by atoms with Gasteiger partial charge >= 0.3 is 0 Å². The maximum absolute atomic E-state index is 5.48. The molecule has 0 heterocycles. The number of aliphatic imine (C=N–C) groups is 1. The molecule has 0 aromatic carbocycles. The third-order valence-corrected chi connectivity index (χ3v) is 2.83. The highest BCUT2D eigenvalue weighted by Gasteiger charge is 1.95. The molecule has 5 heteroatoms. The standard InChI is InChI=1S/C12H27N3OS/c1-4-5-9-16-10-6-7-14-12(13-2)15-8-11-17-3/h4-11H2,1-3H3,(H2,13,14,15). The molecule has 0 rings (SSSR count). The lowest BCUT2D eigenvalue weighted by Gasteiger charge is -2.11. The molecule has 0 atom stereocenters. The number of unbranched alkanes of at least 4 members (excludes halogenated alkanes) is 1. The molecule has 0 saturated carbocycles. The molecule has 4 nitrogen and oxygen atoms in total. The molecule has 0 bridgehead atoms. The van der Waals surface area contributed by atoms with Gasteiger partial charge in [0.15, 0.2) is 5.96 Å². The Bertz CT molecular complexity index is 189. The molecule has 0 aromatic heterocycles. The van der Waals surface area contributed by atoms with E-state index in [0.717, 1.165) is 50.9 Å². The molecule has 0 aromatic rings. The molecule has 0 aliphatic carbocycles. The van der Waals surface area contributed by atoms with E-state index in [0.29, 0.717) is 0 Å². The van der Waals surface area contributed by atoms with Crippen molar-refractivity contribution in [2.24, 2.45) is 4.99 Å². The van der Waals surface area contributed by atoms with Gasteiger partial charge in [0, 0.05) is 39.1 Å². The first-order chi connectivity index (χ1) is 8.35. The molecule has 0 aliphatic heterocycles. The van der Waals surface area contributed by atoms with Crippen molar-refractivity contribution in [1.82, 2.24) is 10.6 Å². The second kappa shape index (κ2) is 13.6. The van der Waals surface area contributed by atoms with Gasteiger partial charge < -0.3 is 15.4 Å². The summed E-state index contributed by atoms with van der Waals surface area (Å²) in [5.74, 6) is 1.98. The van der Waals surface area contributed by atoms with Crippen molar-refractivity contribution in [2.45, 2.75) is 26.2 Å². The van der Waals surface area contributed by atoms with Crippen LogP contribution in [0.25, 0.3) is 0 Å². The Morgan fingerprint density at radius 3 is 2.53 bits per heavy atom. The average Bonchev–Trinajstić information content (AvgIpc) is 2.35. The minimum atomic E-state index is 0.828. The second-order valence-electron chi connectivity index (χ2n) is 3.74. The van der Waals surface area contributed by atoms with E-state index < -0.39 is 0 Å². The second-order valence-corrected chi connectivity index (χ2v) is 4.72. The fourth-order valence-corrected chi connectivity index (χ4v) is 1.53. The van der Waals surface area contributed by atoms with E-state index in [1.54, 1.807) is 7.05 Å². The van der Waals surface area contributed by atoms with E-state index in [4.69, 9.17) is 4.74 Å². The highest BCUT2D eigenvalue weighted by atomic mass is 32.2. The van der Waals surface area contributed by atoms with Gasteiger partial charge in [0.1, 0.15) is 0 Å². The summed E-state index contributed by atoms with van der Waals surface area (Å²) in [5.41, 5.74) is 0. The van der Waals surface area contributed by atoms with E-state index in [2.05, 4.69) is 28.8 Å². The number of hydrogen-bond donors (Lipinski definition) is 2. The normalized spacial score (nSPS) is 11.6. The number of ether oxygens (including phenoxy) is 1. The number of nitrogens with one attached hydrogen (secondary N) is 2. The zero-order valence-corrected chi connectivity index (χ0v) is 12.2. The highest BCUT2D eigenvalue weighted by Crippen LogP contribution is 1.89. The van der Waals surface area contributed by atoms with Crippen molar-refractivity contribution in [3.8, 4) is 0 Å². The number of thioether (sulfide) groups is 1. The summed E-state index contributed by atoms with van der Waals surface area (Å²) < 4.78 is 5.48. The minimum absolute atomic E-state index is 0.828. The predicted octanol–water partition coefficient (Wildman–Crippen LogP) is 1.72. The van der Waals surface area contributed by atoms with Gasteiger partial charge in [-0.15, -0.1) is 0 Å². The van der Waals surface area contributed by atoms with Gasteiger partial charge in [0.2, 0.25) is 0 Å². The molecule has 0 fully saturated rings. The van der Waals surface area contributed by atoms with E-state index in [9.17, 15) is 0 Å². The predicted molar refractivity (Wildman–Crippen MR) is 78.1 cm³/mol. The largest absolute Gasteiger partial charge is 0.381 e. The molecule has 102 valence electrons. The van der Waals surface area contributed by atoms with Crippen LogP contribution in [0.4, 0.5) is 0 Å². The topological polar surface area (TPSA) is 45.6 Å². The summed E-state index contributed by atoms with van der Waals surface area (Å²) in [6, 6.07) is 0. The molecule has 0 amide bonds. The quantitative estimate of drug-likeness (QED) is 0.357. The summed E-state index contributed by atoms with van der Waals surface area (Å²) in [6.07, 6.45) is 5.48. The van der Waals surface area contributed by atoms with Crippen LogP contribution in [0.1, 0.15) is 26.2 Å². The summed E-state index contributed by atoms with van der Waals surface area (Å²) in [6.45, 7) is 5.75. The lowest BCUT2D eigenvalue weighted by atomic mass is 10.4. The van der Waals surface area contributed by atoms with Crippen LogP contribution in [0.3, 0.4) is 0 Å². The van der Waals surface area contributed by atoms with E-state index in [-0.39, 0.29) is 0 Å². The fraction of sp³-hybridized carbons (Fsp3) is 0.917. The third kappa shape index (κ3) is 11.8. The molecule has 2 N–H and O–H groups in total. The SMILES string of the molecule is CCCCOCCCNC(=NC)NCCSC. The average molecular weight is 261 g/mol. The maximum atomic E-state index is 5.48. The van der Waals surface area contributed by atoms with Crippen molar-refractivity contribution < 1.29 is 4.74 Å². The van der Waals surface area contributed by atoms with Crippen molar-refractivity contribution in [1.29, 1.82) is 0 Å². The first-order valence-corrected chi connectivity index (χ1v) is 7.75. The molecular weight excluding hydrogens is 234 g/mol. The summed E-state index contributed by atoms with van der Waals surface area (Å²) in [7, 11) is 1.80. The number of guanidine groups is 1. The van der Waals surface area contributed by atoms with Crippen molar-refractivity contribution in [3.05, 3.63) is 0 Å². The van der Waals surface area contributed by atoms with E-state index >= 15 is 0 Å². The van der Waals surface area contributed by atoms with Crippen LogP contribution < -0.4 is 10.6 Å². The smallest absolute Gasteiger partial charge is 0.191 e. The third-order valence-electron chi connectivity index (χ3n) is 2.22. The Balaban J connectivity index is 3.32. The van der Waals surface area contributed by atoms with Crippen LogP contribution in [0.2, 0.25) is 0 Å². The monoisotopic (exact) mass is 261 g/mol. The Morgan fingerprint density at radius 2 is 1.88 bits per heavy atom. The highest BCUT2D eigenvalue weighted by molar-refractivity contribution is 7.98. The summed E-state index contributed by atoms with van der Waals surface area (Å²) in [5, 5.41) is 6.53. The molecule has 0 aliphatic rings. The molecule has 17 heavy (non-hydrogen) atoms. The van der Waals surface area contributed by atoms with Crippen molar-refractivity contribution in [2.75, 3.05) is 45.4 Å². The maximum Gasteiger partial charge on any atom is 0.191 e. The van der Waals surface area contributed by atoms with Crippen LogP contribution in [0.15, 0.2) is 4.99 Å². The van der Waals surface area contributed by atoms with Gasteiger partial charge in [-0.05, 0) is 19.1 Å². The van der Waals surface area contributed by atoms with Gasteiger partial charge in [-0.25, -0.2) is 0 Å². The van der Waals surface area contributed by atoms with Gasteiger partial charge in [0.25, 0.3) is 0 Å². The fourth-order valence-electron chi connectivity index (χ4n) is 1.22. The van der Waals surface area contributed by atoms with E-state index in [1.165, 1.54) is 6.42 Å². The first kappa shape index (κ1) is 16.6. The van der Waals surface area contributed by atoms with Gasteiger partial charge in [-0.3, -0.25) is 4.99 Å². The molecule has 0 spiro atoms. The zero-order chi connectivity index (χ0) is 12.8. The van der Waals surface area contributed by atoms with Crippen LogP contribution in [0.5, 0.6) is 0 Å². The Labute approximate surface area is 110 Å². The van der Waals surface area contributed by atoms with E-state index in [1.807, 2.05) is 11.8 Å². The number of hydrogen-bond acceptors (Lipinski definition) is 3. The van der Waals surface area contributed by atoms with Crippen molar-refractivity contribution >= 4 is 17.7 Å². The van der Waals surface area contributed by atoms with Gasteiger partial charge in [0.05, 0.1) is 0 Å². The molecular formula is C12H27N3OS. The Hall–Kier alpha value is -0.420. The van der Waals surface area contributed by atoms with Crippen LogP contribution in [0, 0.1) is 0 Å². The van der Waals surface area contributed by atoms with Crippen LogP contribution in [-0.2, 0) is 4.74 Å². The first-order valence-electron chi connectivity index (χ1n) is 6.36. The molecule has 0 saturated heterocycles. The summed E-state index contributed by atoms with van der Waals surface area (Å²) in [4.78, 5) is 4.15.